The fraction of sp³-hybridized carbons (Fsp3) is 0.571. The first kappa shape index (κ1) is 15.5. The van der Waals surface area contributed by atoms with Gasteiger partial charge in [-0.2, -0.15) is 0 Å². The summed E-state index contributed by atoms with van der Waals surface area (Å²) in [6, 6.07) is 4.39. The highest BCUT2D eigenvalue weighted by atomic mass is 16.6. The maximum absolute atomic E-state index is 10.7. The molecule has 7 heteroatoms. The van der Waals surface area contributed by atoms with Crippen LogP contribution in [0.1, 0.15) is 0 Å². The number of nitro groups is 1. The average molecular weight is 295 g/mol. The lowest BCUT2D eigenvalue weighted by Crippen LogP contribution is -2.45. The normalized spacial score (nSPS) is 16.7. The Kier molecular flexibility index (Phi) is 5.35. The van der Waals surface area contributed by atoms with Crippen molar-refractivity contribution in [1.29, 1.82) is 0 Å². The van der Waals surface area contributed by atoms with Crippen LogP contribution in [0.3, 0.4) is 0 Å². The van der Waals surface area contributed by atoms with Gasteiger partial charge >= 0.3 is 0 Å². The smallest absolute Gasteiger partial charge is 0.273 e. The van der Waals surface area contributed by atoms with Crippen LogP contribution in [-0.2, 0) is 0 Å². The van der Waals surface area contributed by atoms with Crippen molar-refractivity contribution in [2.75, 3.05) is 53.5 Å². The van der Waals surface area contributed by atoms with Gasteiger partial charge in [0.2, 0.25) is 0 Å². The molecule has 116 valence electrons. The van der Waals surface area contributed by atoms with E-state index < -0.39 is 4.92 Å². The molecular weight excluding hydrogens is 274 g/mol. The van der Waals surface area contributed by atoms with Gasteiger partial charge in [0, 0.05) is 38.8 Å². The first-order valence-corrected chi connectivity index (χ1v) is 6.96. The van der Waals surface area contributed by atoms with Gasteiger partial charge in [0.25, 0.3) is 5.69 Å². The van der Waals surface area contributed by atoms with Crippen LogP contribution >= 0.6 is 0 Å². The monoisotopic (exact) mass is 295 g/mol. The number of non-ortho nitro benzene ring substituents is 1. The van der Waals surface area contributed by atoms with Gasteiger partial charge in [0.15, 0.2) is 11.5 Å². The van der Waals surface area contributed by atoms with E-state index in [1.807, 2.05) is 0 Å². The van der Waals surface area contributed by atoms with Crippen LogP contribution in [0, 0.1) is 10.1 Å². The van der Waals surface area contributed by atoms with Crippen LogP contribution in [0.15, 0.2) is 18.2 Å². The Labute approximate surface area is 124 Å². The number of benzene rings is 1. The maximum Gasteiger partial charge on any atom is 0.273 e. The molecule has 1 aromatic rings. The summed E-state index contributed by atoms with van der Waals surface area (Å²) in [5.74, 6) is 0.930. The molecule has 0 spiro atoms. The summed E-state index contributed by atoms with van der Waals surface area (Å²) in [6.45, 7) is 5.60. The van der Waals surface area contributed by atoms with Crippen molar-refractivity contribution >= 4 is 5.69 Å². The molecule has 2 rings (SSSR count). The first-order chi connectivity index (χ1) is 10.1. The van der Waals surface area contributed by atoms with Gasteiger partial charge in [-0.25, -0.2) is 0 Å². The molecule has 1 aliphatic heterocycles. The zero-order valence-electron chi connectivity index (χ0n) is 12.4. The van der Waals surface area contributed by atoms with Gasteiger partial charge in [0.1, 0.15) is 6.61 Å². The molecule has 1 saturated heterocycles. The second-order valence-corrected chi connectivity index (χ2v) is 5.09. The largest absolute Gasteiger partial charge is 0.493 e. The number of piperazine rings is 1. The first-order valence-electron chi connectivity index (χ1n) is 6.96. The van der Waals surface area contributed by atoms with E-state index in [1.165, 1.54) is 19.2 Å². The fourth-order valence-corrected chi connectivity index (χ4v) is 2.25. The molecule has 1 aliphatic rings. The number of methoxy groups -OCH3 is 1. The van der Waals surface area contributed by atoms with Crippen molar-refractivity contribution in [1.82, 2.24) is 9.80 Å². The van der Waals surface area contributed by atoms with E-state index in [4.69, 9.17) is 9.47 Å². The summed E-state index contributed by atoms with van der Waals surface area (Å²) in [6.07, 6.45) is 0. The number of nitro benzene ring substituents is 1. The third-order valence-corrected chi connectivity index (χ3v) is 3.62. The summed E-state index contributed by atoms with van der Waals surface area (Å²) in [4.78, 5) is 14.9. The molecular formula is C14H21N3O4. The number of nitrogens with zero attached hydrogens (tertiary/aromatic N) is 3. The predicted molar refractivity (Wildman–Crippen MR) is 79.1 cm³/mol. The van der Waals surface area contributed by atoms with Gasteiger partial charge in [-0.3, -0.25) is 15.0 Å². The van der Waals surface area contributed by atoms with E-state index in [2.05, 4.69) is 16.8 Å². The number of hydrogen-bond acceptors (Lipinski definition) is 6. The number of hydrogen-bond donors (Lipinski definition) is 0. The second-order valence-electron chi connectivity index (χ2n) is 5.09. The van der Waals surface area contributed by atoms with E-state index in [-0.39, 0.29) is 5.69 Å². The lowest BCUT2D eigenvalue weighted by atomic mass is 10.3. The number of ether oxygens (including phenoxy) is 2. The van der Waals surface area contributed by atoms with Crippen molar-refractivity contribution in [3.8, 4) is 11.5 Å². The molecule has 0 aliphatic carbocycles. The molecule has 0 saturated carbocycles. The highest BCUT2D eigenvalue weighted by Crippen LogP contribution is 2.30. The van der Waals surface area contributed by atoms with Crippen molar-refractivity contribution in [3.05, 3.63) is 28.3 Å². The zero-order valence-corrected chi connectivity index (χ0v) is 12.4. The third kappa shape index (κ3) is 4.30. The van der Waals surface area contributed by atoms with E-state index in [1.54, 1.807) is 6.07 Å². The molecule has 0 N–H and O–H groups in total. The molecule has 0 bridgehead atoms. The van der Waals surface area contributed by atoms with Crippen molar-refractivity contribution < 1.29 is 14.4 Å². The van der Waals surface area contributed by atoms with Gasteiger partial charge in [-0.1, -0.05) is 0 Å². The number of likely N-dealkylation sites (N-methyl/N-ethyl adjacent to an activating group) is 1. The van der Waals surface area contributed by atoms with Crippen molar-refractivity contribution in [2.24, 2.45) is 0 Å². The summed E-state index contributed by atoms with van der Waals surface area (Å²) < 4.78 is 10.8. The molecule has 1 heterocycles. The minimum absolute atomic E-state index is 0.00160. The van der Waals surface area contributed by atoms with Crippen molar-refractivity contribution in [3.63, 3.8) is 0 Å². The molecule has 21 heavy (non-hydrogen) atoms. The Hall–Kier alpha value is -1.86. The van der Waals surface area contributed by atoms with E-state index in [9.17, 15) is 10.1 Å². The van der Waals surface area contributed by atoms with Crippen LogP contribution in [-0.4, -0.2) is 68.2 Å². The van der Waals surface area contributed by atoms with E-state index >= 15 is 0 Å². The Morgan fingerprint density at radius 3 is 2.57 bits per heavy atom. The van der Waals surface area contributed by atoms with Gasteiger partial charge in [-0.05, 0) is 13.1 Å². The Bertz CT molecular complexity index is 487. The SMILES string of the molecule is COc1cc([N+](=O)[O-])ccc1OCCN1CCN(C)CC1. The molecule has 0 radical (unpaired) electrons. The average Bonchev–Trinajstić information content (AvgIpc) is 2.49. The Morgan fingerprint density at radius 2 is 1.95 bits per heavy atom. The highest BCUT2D eigenvalue weighted by Gasteiger charge is 2.15. The van der Waals surface area contributed by atoms with Gasteiger partial charge < -0.3 is 14.4 Å². The summed E-state index contributed by atoms with van der Waals surface area (Å²) in [5.41, 5.74) is -0.00160. The molecule has 0 amide bonds. The summed E-state index contributed by atoms with van der Waals surface area (Å²) in [7, 11) is 3.60. The number of rotatable bonds is 6. The highest BCUT2D eigenvalue weighted by molar-refractivity contribution is 5.48. The lowest BCUT2D eigenvalue weighted by Gasteiger charge is -2.32. The minimum atomic E-state index is -0.448. The molecule has 1 aromatic carbocycles. The standard InChI is InChI=1S/C14H21N3O4/c1-15-5-7-16(8-6-15)9-10-21-13-4-3-12(17(18)19)11-14(13)20-2/h3-4,11H,5-10H2,1-2H3. The third-order valence-electron chi connectivity index (χ3n) is 3.62. The van der Waals surface area contributed by atoms with Crippen molar-refractivity contribution in [2.45, 2.75) is 0 Å². The molecule has 0 aromatic heterocycles. The Balaban J connectivity index is 1.86. The van der Waals surface area contributed by atoms with Crippen LogP contribution in [0.2, 0.25) is 0 Å². The van der Waals surface area contributed by atoms with Gasteiger partial charge in [-0.15, -0.1) is 0 Å². The quantitative estimate of drug-likeness (QED) is 0.581. The molecule has 1 fully saturated rings. The molecule has 0 atom stereocenters. The maximum atomic E-state index is 10.7. The van der Waals surface area contributed by atoms with Crippen LogP contribution in [0.25, 0.3) is 0 Å². The topological polar surface area (TPSA) is 68.1 Å². The fourth-order valence-electron chi connectivity index (χ4n) is 2.25. The van der Waals surface area contributed by atoms with Crippen LogP contribution < -0.4 is 9.47 Å². The molecule has 7 nitrogen and oxygen atoms in total. The van der Waals surface area contributed by atoms with Crippen LogP contribution in [0.4, 0.5) is 5.69 Å². The lowest BCUT2D eigenvalue weighted by molar-refractivity contribution is -0.384. The van der Waals surface area contributed by atoms with Crippen LogP contribution in [0.5, 0.6) is 11.5 Å². The minimum Gasteiger partial charge on any atom is -0.493 e. The summed E-state index contributed by atoms with van der Waals surface area (Å²) >= 11 is 0. The summed E-state index contributed by atoms with van der Waals surface area (Å²) in [5, 5.41) is 10.7. The second kappa shape index (κ2) is 7.24. The zero-order chi connectivity index (χ0) is 15.2. The molecule has 0 unspecified atom stereocenters. The van der Waals surface area contributed by atoms with E-state index in [0.29, 0.717) is 18.1 Å². The Morgan fingerprint density at radius 1 is 1.24 bits per heavy atom. The van der Waals surface area contributed by atoms with Gasteiger partial charge in [0.05, 0.1) is 18.1 Å². The predicted octanol–water partition coefficient (Wildman–Crippen LogP) is 1.23. The van der Waals surface area contributed by atoms with E-state index in [0.717, 1.165) is 32.7 Å².